The van der Waals surface area contributed by atoms with Crippen LogP contribution in [0.25, 0.3) is 0 Å². The smallest absolute Gasteiger partial charge is 0.330 e. The van der Waals surface area contributed by atoms with E-state index in [1.807, 2.05) is 4.98 Å². The maximum atomic E-state index is 11.5. The second kappa shape index (κ2) is 5.30. The number of ether oxygens (including phenoxy) is 1. The fraction of sp³-hybridized carbons (Fsp3) is 0.444. The van der Waals surface area contributed by atoms with Crippen molar-refractivity contribution in [1.82, 2.24) is 9.55 Å². The summed E-state index contributed by atoms with van der Waals surface area (Å²) in [7, 11) is -3.04. The van der Waals surface area contributed by atoms with Crippen LogP contribution in [0.15, 0.2) is 21.9 Å². The van der Waals surface area contributed by atoms with E-state index in [-0.39, 0.29) is 0 Å². The van der Waals surface area contributed by atoms with Crippen LogP contribution in [0, 0.1) is 0 Å². The third kappa shape index (κ3) is 2.44. The van der Waals surface area contributed by atoms with Crippen molar-refractivity contribution in [3.05, 3.63) is 33.1 Å². The van der Waals surface area contributed by atoms with Gasteiger partial charge in [0.2, 0.25) is 15.3 Å². The zero-order valence-electron chi connectivity index (χ0n) is 9.70. The molecule has 1 aromatic heterocycles. The predicted molar refractivity (Wildman–Crippen MR) is 63.8 cm³/mol. The maximum absolute atomic E-state index is 11.5. The van der Waals surface area contributed by atoms with Crippen molar-refractivity contribution in [2.24, 2.45) is 0 Å². The molecule has 1 aliphatic heterocycles. The molecule has 11 heteroatoms. The molecule has 2 rings (SSSR count). The summed E-state index contributed by atoms with van der Waals surface area (Å²) < 4.78 is 27.0. The molecule has 20 heavy (non-hydrogen) atoms. The summed E-state index contributed by atoms with van der Waals surface area (Å²) >= 11 is 0. The summed E-state index contributed by atoms with van der Waals surface area (Å²) in [5.74, 6) is 0. The summed E-state index contributed by atoms with van der Waals surface area (Å²) in [4.78, 5) is 24.4. The van der Waals surface area contributed by atoms with Crippen LogP contribution in [-0.2, 0) is 15.0 Å². The molecule has 4 atom stereocenters. The molecule has 4 N–H and O–H groups in total. The van der Waals surface area contributed by atoms with Gasteiger partial charge in [-0.25, -0.2) is 4.79 Å². The van der Waals surface area contributed by atoms with Gasteiger partial charge in [-0.2, -0.15) is 8.42 Å². The monoisotopic (exact) mass is 306 g/mol. The molecule has 0 spiro atoms. The third-order valence-corrected chi connectivity index (χ3v) is 3.35. The first-order valence-electron chi connectivity index (χ1n) is 5.31. The van der Waals surface area contributed by atoms with E-state index in [9.17, 15) is 33.3 Å². The van der Waals surface area contributed by atoms with Crippen LogP contribution in [-0.4, -0.2) is 56.7 Å². The van der Waals surface area contributed by atoms with E-state index in [0.29, 0.717) is 0 Å². The highest BCUT2D eigenvalue weighted by atomic mass is 32.2. The van der Waals surface area contributed by atoms with Crippen LogP contribution in [0.4, 0.5) is 0 Å². The highest BCUT2D eigenvalue weighted by Crippen LogP contribution is 2.28. The zero-order chi connectivity index (χ0) is 15.0. The molecule has 0 saturated carbocycles. The lowest BCUT2D eigenvalue weighted by atomic mass is 10.1. The van der Waals surface area contributed by atoms with Crippen molar-refractivity contribution in [2.75, 3.05) is 0 Å². The topological polar surface area (TPSA) is 159 Å². The first-order valence-corrected chi connectivity index (χ1v) is 6.38. The number of H-pyrrole nitrogens is 1. The predicted octanol–water partition coefficient (Wildman–Crippen LogP) is -3.28. The largest absolute Gasteiger partial charge is 0.387 e. The van der Waals surface area contributed by atoms with E-state index in [1.54, 1.807) is 0 Å². The molecule has 1 aromatic rings. The van der Waals surface area contributed by atoms with E-state index in [4.69, 9.17) is 4.74 Å². The summed E-state index contributed by atoms with van der Waals surface area (Å²) in [6.45, 7) is 0. The van der Waals surface area contributed by atoms with Gasteiger partial charge in [0.25, 0.3) is 5.56 Å². The van der Waals surface area contributed by atoms with Gasteiger partial charge in [-0.1, -0.05) is 0 Å². The summed E-state index contributed by atoms with van der Waals surface area (Å²) in [6.07, 6.45) is -5.57. The number of aliphatic hydroxyl groups excluding tert-OH is 3. The lowest BCUT2D eigenvalue weighted by Gasteiger charge is -2.16. The van der Waals surface area contributed by atoms with E-state index in [2.05, 4.69) is 0 Å². The van der Waals surface area contributed by atoms with Crippen molar-refractivity contribution in [2.45, 2.75) is 24.5 Å². The molecule has 0 aromatic carbocycles. The fourth-order valence-corrected chi connectivity index (χ4v) is 2.20. The Kier molecular flexibility index (Phi) is 3.87. The Morgan fingerprint density at radius 2 is 1.95 bits per heavy atom. The molecule has 1 fully saturated rings. The Balaban J connectivity index is 2.43. The lowest BCUT2D eigenvalue weighted by molar-refractivity contribution is -0.0284. The van der Waals surface area contributed by atoms with Crippen LogP contribution < -0.4 is 11.2 Å². The number of nitrogens with zero attached hydrogens (tertiary/aromatic N) is 1. The van der Waals surface area contributed by atoms with E-state index in [1.165, 1.54) is 0 Å². The molecule has 0 amide bonds. The number of hydrogen-bond donors (Lipinski definition) is 4. The lowest BCUT2D eigenvalue weighted by Crippen LogP contribution is -2.38. The average Bonchev–Trinajstić information content (AvgIpc) is 2.66. The Morgan fingerprint density at radius 3 is 2.50 bits per heavy atom. The van der Waals surface area contributed by atoms with Crippen molar-refractivity contribution in [1.29, 1.82) is 0 Å². The van der Waals surface area contributed by atoms with Gasteiger partial charge in [-0.3, -0.25) is 14.3 Å². The van der Waals surface area contributed by atoms with Gasteiger partial charge >= 0.3 is 5.69 Å². The molecule has 0 bridgehead atoms. The van der Waals surface area contributed by atoms with Gasteiger partial charge in [-0.15, -0.1) is 0 Å². The third-order valence-electron chi connectivity index (χ3n) is 2.78. The number of hydrogen-bond acceptors (Lipinski definition) is 7. The summed E-state index contributed by atoms with van der Waals surface area (Å²) in [5, 5.41) is 27.4. The van der Waals surface area contributed by atoms with Crippen molar-refractivity contribution in [3.63, 3.8) is 0 Å². The van der Waals surface area contributed by atoms with Crippen LogP contribution in [0.2, 0.25) is 0 Å². The average molecular weight is 306 g/mol. The SMILES string of the molecule is O=c1ccn([C@@H]2O[C@H](C(O)=S(=O)=O)[C@@H](O)[C@H]2O)c(=O)[nH]1. The number of aromatic nitrogens is 2. The highest BCUT2D eigenvalue weighted by molar-refractivity contribution is 7.72. The minimum absolute atomic E-state index is 0.675. The Labute approximate surface area is 112 Å². The summed E-state index contributed by atoms with van der Waals surface area (Å²) in [5.41, 5.74) is -1.59. The molecule has 110 valence electrons. The first kappa shape index (κ1) is 14.6. The van der Waals surface area contributed by atoms with Gasteiger partial charge in [-0.05, 0) is 0 Å². The molecule has 1 saturated heterocycles. The van der Waals surface area contributed by atoms with Crippen LogP contribution >= 0.6 is 0 Å². The van der Waals surface area contributed by atoms with Crippen LogP contribution in [0.1, 0.15) is 6.23 Å². The second-order valence-corrected chi connectivity index (χ2v) is 4.91. The molecular weight excluding hydrogens is 296 g/mol. The molecular formula is C9H10N2O8S. The molecule has 10 nitrogen and oxygen atoms in total. The Morgan fingerprint density at radius 1 is 1.30 bits per heavy atom. The molecule has 0 unspecified atom stereocenters. The minimum Gasteiger partial charge on any atom is -0.387 e. The van der Waals surface area contributed by atoms with E-state index >= 15 is 0 Å². The fourth-order valence-electron chi connectivity index (χ4n) is 1.82. The standard InChI is InChI=1S/C9H10N2O8S/c12-3-1-2-11(9(16)10-3)7-5(14)4(13)6(19-7)8(15)20(17)18/h1-2,4-7,13-15H,(H,10,12,16)/t4-,5+,6-,7+/m0/s1. The minimum atomic E-state index is -3.04. The van der Waals surface area contributed by atoms with Gasteiger partial charge in [0.05, 0.1) is 0 Å². The Hall–Kier alpha value is -1.79. The van der Waals surface area contributed by atoms with Gasteiger partial charge in [0, 0.05) is 12.3 Å². The number of rotatable bonds is 2. The highest BCUT2D eigenvalue weighted by Gasteiger charge is 2.46. The zero-order valence-corrected chi connectivity index (χ0v) is 10.5. The second-order valence-electron chi connectivity index (χ2n) is 4.02. The Bertz CT molecular complexity index is 755. The van der Waals surface area contributed by atoms with Gasteiger partial charge in [0.15, 0.2) is 6.23 Å². The van der Waals surface area contributed by atoms with Crippen LogP contribution in [0.3, 0.4) is 0 Å². The van der Waals surface area contributed by atoms with E-state index in [0.717, 1.165) is 16.8 Å². The number of nitrogens with one attached hydrogen (secondary N) is 1. The molecule has 2 heterocycles. The van der Waals surface area contributed by atoms with Crippen molar-refractivity contribution < 1.29 is 28.5 Å². The first-order chi connectivity index (χ1) is 9.32. The maximum Gasteiger partial charge on any atom is 0.330 e. The normalized spacial score (nSPS) is 29.4. The van der Waals surface area contributed by atoms with Crippen LogP contribution in [0.5, 0.6) is 0 Å². The molecule has 0 radical (unpaired) electrons. The molecule has 1 aliphatic rings. The van der Waals surface area contributed by atoms with Crippen molar-refractivity contribution in [3.8, 4) is 0 Å². The quantitative estimate of drug-likeness (QED) is 0.414. The van der Waals surface area contributed by atoms with E-state index < -0.39 is 51.1 Å². The summed E-state index contributed by atoms with van der Waals surface area (Å²) in [6, 6.07) is 0.979. The molecule has 0 aliphatic carbocycles. The van der Waals surface area contributed by atoms with Gasteiger partial charge < -0.3 is 20.1 Å². The number of aliphatic hydroxyl groups is 3. The van der Waals surface area contributed by atoms with Crippen molar-refractivity contribution >= 4 is 15.3 Å². The number of aromatic amines is 1. The van der Waals surface area contributed by atoms with Gasteiger partial charge in [0.1, 0.15) is 18.3 Å².